The molecule has 0 aromatic carbocycles. The van der Waals surface area contributed by atoms with Gasteiger partial charge in [-0.2, -0.15) is 0 Å². The molecule has 0 saturated heterocycles. The Kier molecular flexibility index (Phi) is 3.73. The standard InChI is InChI=1S/C8H6F2INO2/c1-14-8(13)5-2-4(6(9)10)3-12-7(5)11/h2-3,6H,1H3. The zero-order chi connectivity index (χ0) is 10.7. The van der Waals surface area contributed by atoms with E-state index < -0.39 is 12.4 Å². The van der Waals surface area contributed by atoms with Crippen molar-refractivity contribution in [2.45, 2.75) is 6.43 Å². The number of carbonyl (C=O) groups is 1. The van der Waals surface area contributed by atoms with E-state index in [0.29, 0.717) is 3.70 Å². The molecule has 0 atom stereocenters. The van der Waals surface area contributed by atoms with Gasteiger partial charge in [0.1, 0.15) is 3.70 Å². The SMILES string of the molecule is COC(=O)c1cc(C(F)F)cnc1I. The van der Waals surface area contributed by atoms with Gasteiger partial charge in [-0.05, 0) is 28.7 Å². The lowest BCUT2D eigenvalue weighted by Crippen LogP contribution is -2.06. The van der Waals surface area contributed by atoms with Crippen LogP contribution in [0.3, 0.4) is 0 Å². The number of pyridine rings is 1. The minimum Gasteiger partial charge on any atom is -0.465 e. The molecule has 0 amide bonds. The highest BCUT2D eigenvalue weighted by Gasteiger charge is 2.15. The van der Waals surface area contributed by atoms with Gasteiger partial charge in [0, 0.05) is 11.8 Å². The van der Waals surface area contributed by atoms with Crippen LogP contribution in [0.15, 0.2) is 12.3 Å². The summed E-state index contributed by atoms with van der Waals surface area (Å²) in [4.78, 5) is 14.8. The lowest BCUT2D eigenvalue weighted by molar-refractivity contribution is 0.0598. The molecule has 0 unspecified atom stereocenters. The summed E-state index contributed by atoms with van der Waals surface area (Å²) in [6.07, 6.45) is -1.60. The largest absolute Gasteiger partial charge is 0.465 e. The number of methoxy groups -OCH3 is 1. The molecule has 0 aliphatic rings. The Labute approximate surface area is 92.6 Å². The predicted molar refractivity (Wildman–Crippen MR) is 53.3 cm³/mol. The third-order valence-electron chi connectivity index (χ3n) is 1.52. The van der Waals surface area contributed by atoms with Crippen molar-refractivity contribution in [3.8, 4) is 0 Å². The van der Waals surface area contributed by atoms with Crippen molar-refractivity contribution in [1.29, 1.82) is 0 Å². The van der Waals surface area contributed by atoms with E-state index in [-0.39, 0.29) is 11.1 Å². The van der Waals surface area contributed by atoms with Gasteiger partial charge in [0.05, 0.1) is 12.7 Å². The first kappa shape index (κ1) is 11.3. The second kappa shape index (κ2) is 4.63. The van der Waals surface area contributed by atoms with Gasteiger partial charge in [0.2, 0.25) is 0 Å². The van der Waals surface area contributed by atoms with E-state index in [2.05, 4.69) is 9.72 Å². The van der Waals surface area contributed by atoms with Gasteiger partial charge in [-0.3, -0.25) is 0 Å². The van der Waals surface area contributed by atoms with Crippen molar-refractivity contribution >= 4 is 28.6 Å². The molecule has 0 bridgehead atoms. The maximum Gasteiger partial charge on any atom is 0.340 e. The number of rotatable bonds is 2. The van der Waals surface area contributed by atoms with Gasteiger partial charge in [-0.15, -0.1) is 0 Å². The molecule has 0 radical (unpaired) electrons. The Morgan fingerprint density at radius 2 is 2.29 bits per heavy atom. The number of halogens is 3. The quantitative estimate of drug-likeness (QED) is 0.478. The molecule has 0 saturated carbocycles. The first-order valence-electron chi connectivity index (χ1n) is 3.58. The van der Waals surface area contributed by atoms with Crippen molar-refractivity contribution in [2.75, 3.05) is 7.11 Å². The number of nitrogens with zero attached hydrogens (tertiary/aromatic N) is 1. The highest BCUT2D eigenvalue weighted by Crippen LogP contribution is 2.21. The topological polar surface area (TPSA) is 39.2 Å². The van der Waals surface area contributed by atoms with E-state index in [1.54, 1.807) is 22.6 Å². The fourth-order valence-corrected chi connectivity index (χ4v) is 1.35. The fraction of sp³-hybridized carbons (Fsp3) is 0.250. The van der Waals surface area contributed by atoms with Crippen LogP contribution in [0.5, 0.6) is 0 Å². The first-order valence-corrected chi connectivity index (χ1v) is 4.66. The summed E-state index contributed by atoms with van der Waals surface area (Å²) in [5, 5.41) is 0. The number of carbonyl (C=O) groups excluding carboxylic acids is 1. The Morgan fingerprint density at radius 1 is 1.64 bits per heavy atom. The molecular formula is C8H6F2INO2. The summed E-state index contributed by atoms with van der Waals surface area (Å²) in [5.74, 6) is -0.663. The molecule has 0 fully saturated rings. The van der Waals surface area contributed by atoms with Gasteiger partial charge >= 0.3 is 5.97 Å². The van der Waals surface area contributed by atoms with Crippen LogP contribution in [0, 0.1) is 3.70 Å². The molecule has 3 nitrogen and oxygen atoms in total. The van der Waals surface area contributed by atoms with Crippen molar-refractivity contribution in [3.63, 3.8) is 0 Å². The third-order valence-corrected chi connectivity index (χ3v) is 2.38. The molecule has 1 heterocycles. The minimum atomic E-state index is -2.64. The molecule has 0 spiro atoms. The van der Waals surface area contributed by atoms with E-state index in [1.165, 1.54) is 7.11 Å². The maximum atomic E-state index is 12.3. The van der Waals surface area contributed by atoms with Crippen LogP contribution in [0.2, 0.25) is 0 Å². The second-order valence-corrected chi connectivity index (χ2v) is 3.42. The third kappa shape index (κ3) is 2.37. The van der Waals surface area contributed by atoms with Crippen molar-refractivity contribution < 1.29 is 18.3 Å². The van der Waals surface area contributed by atoms with Crippen LogP contribution in [0.25, 0.3) is 0 Å². The van der Waals surface area contributed by atoms with Crippen molar-refractivity contribution in [3.05, 3.63) is 27.1 Å². The zero-order valence-electron chi connectivity index (χ0n) is 7.13. The average molecular weight is 313 g/mol. The lowest BCUT2D eigenvalue weighted by atomic mass is 10.2. The van der Waals surface area contributed by atoms with E-state index in [4.69, 9.17) is 0 Å². The number of esters is 1. The molecule has 76 valence electrons. The highest BCUT2D eigenvalue weighted by molar-refractivity contribution is 14.1. The van der Waals surface area contributed by atoms with E-state index in [9.17, 15) is 13.6 Å². The van der Waals surface area contributed by atoms with Crippen LogP contribution in [0.1, 0.15) is 22.3 Å². The Morgan fingerprint density at radius 3 is 2.79 bits per heavy atom. The molecule has 1 aromatic heterocycles. The molecule has 1 rings (SSSR count). The minimum absolute atomic E-state index is 0.0610. The fourth-order valence-electron chi connectivity index (χ4n) is 0.837. The Bertz CT molecular complexity index is 357. The second-order valence-electron chi connectivity index (χ2n) is 2.40. The van der Waals surface area contributed by atoms with Gasteiger partial charge in [-0.1, -0.05) is 0 Å². The molecule has 0 N–H and O–H groups in total. The van der Waals surface area contributed by atoms with Gasteiger partial charge < -0.3 is 4.74 Å². The number of aromatic nitrogens is 1. The summed E-state index contributed by atoms with van der Waals surface area (Å²) < 4.78 is 29.3. The smallest absolute Gasteiger partial charge is 0.340 e. The van der Waals surface area contributed by atoms with E-state index >= 15 is 0 Å². The van der Waals surface area contributed by atoms with Crippen LogP contribution < -0.4 is 0 Å². The van der Waals surface area contributed by atoms with Gasteiger partial charge in [0.15, 0.2) is 0 Å². The normalized spacial score (nSPS) is 10.4. The lowest BCUT2D eigenvalue weighted by Gasteiger charge is -2.04. The summed E-state index contributed by atoms with van der Waals surface area (Å²) in [5.41, 5.74) is -0.225. The van der Waals surface area contributed by atoms with Crippen LogP contribution in [-0.4, -0.2) is 18.1 Å². The molecule has 0 aliphatic heterocycles. The summed E-state index contributed by atoms with van der Waals surface area (Å²) in [6.45, 7) is 0. The molecular weight excluding hydrogens is 307 g/mol. The summed E-state index contributed by atoms with van der Waals surface area (Å²) in [6, 6.07) is 1.09. The monoisotopic (exact) mass is 313 g/mol. The van der Waals surface area contributed by atoms with Gasteiger partial charge in [-0.25, -0.2) is 18.6 Å². The predicted octanol–water partition coefficient (Wildman–Crippen LogP) is 2.41. The average Bonchev–Trinajstić information content (AvgIpc) is 2.17. The number of ether oxygens (including phenoxy) is 1. The Balaban J connectivity index is 3.15. The zero-order valence-corrected chi connectivity index (χ0v) is 9.29. The number of hydrogen-bond donors (Lipinski definition) is 0. The Hall–Kier alpha value is -0.790. The molecule has 6 heteroatoms. The van der Waals surface area contributed by atoms with E-state index in [0.717, 1.165) is 12.3 Å². The van der Waals surface area contributed by atoms with Crippen LogP contribution in [-0.2, 0) is 4.74 Å². The van der Waals surface area contributed by atoms with Crippen LogP contribution >= 0.6 is 22.6 Å². The molecule has 1 aromatic rings. The molecule has 0 aliphatic carbocycles. The van der Waals surface area contributed by atoms with Crippen LogP contribution in [0.4, 0.5) is 8.78 Å². The van der Waals surface area contributed by atoms with Crippen molar-refractivity contribution in [2.24, 2.45) is 0 Å². The number of alkyl halides is 2. The van der Waals surface area contributed by atoms with Crippen molar-refractivity contribution in [1.82, 2.24) is 4.98 Å². The summed E-state index contributed by atoms with van der Waals surface area (Å²) >= 11 is 1.78. The number of hydrogen-bond acceptors (Lipinski definition) is 3. The van der Waals surface area contributed by atoms with E-state index in [1.807, 2.05) is 0 Å². The maximum absolute atomic E-state index is 12.3. The van der Waals surface area contributed by atoms with Gasteiger partial charge in [0.25, 0.3) is 6.43 Å². The summed E-state index contributed by atoms with van der Waals surface area (Å²) in [7, 11) is 1.19. The molecule has 14 heavy (non-hydrogen) atoms. The first-order chi connectivity index (χ1) is 6.56. The highest BCUT2D eigenvalue weighted by atomic mass is 127.